The zero-order valence-electron chi connectivity index (χ0n) is 15.5. The van der Waals surface area contributed by atoms with E-state index in [0.717, 1.165) is 24.2 Å². The fraction of sp³-hybridized carbons (Fsp3) is 0.938. The number of hydrogen-bond donors (Lipinski definition) is 3. The molecule has 0 aromatic rings. The maximum Gasteiger partial charge on any atom is 0.211 e. The molecule has 1 saturated carbocycles. The van der Waals surface area contributed by atoms with Gasteiger partial charge < -0.3 is 10.6 Å². The molecule has 0 aromatic carbocycles. The smallest absolute Gasteiger partial charge is 0.211 e. The number of hydrogen-bond acceptors (Lipinski definition) is 3. The van der Waals surface area contributed by atoms with Crippen LogP contribution in [0.5, 0.6) is 0 Å². The molecule has 0 atom stereocenters. The van der Waals surface area contributed by atoms with Gasteiger partial charge in [-0.15, -0.1) is 24.0 Å². The summed E-state index contributed by atoms with van der Waals surface area (Å²) in [5.74, 6) is 2.58. The Balaban J connectivity index is 0.00000529. The summed E-state index contributed by atoms with van der Waals surface area (Å²) in [5.41, 5.74) is 0. The molecule has 8 heteroatoms. The maximum atomic E-state index is 11.3. The predicted molar refractivity (Wildman–Crippen MR) is 113 cm³/mol. The number of aliphatic imine (C=N–C) groups is 1. The standard InChI is InChI=1S/C16H34N4O2S.HI/c1-5-23(21,22)19-12-6-11-18-16(17-4)20-15-9-7-14(8-10-15)13(2)3;/h13-15,19H,5-12H2,1-4H3,(H2,17,18,20);1H. The normalized spacial score (nSPS) is 22.1. The molecular formula is C16H35IN4O2S. The Morgan fingerprint density at radius 1 is 1.17 bits per heavy atom. The van der Waals surface area contributed by atoms with Gasteiger partial charge in [-0.25, -0.2) is 13.1 Å². The molecule has 0 bridgehead atoms. The average molecular weight is 474 g/mol. The van der Waals surface area contributed by atoms with Crippen LogP contribution >= 0.6 is 24.0 Å². The third kappa shape index (κ3) is 9.41. The Morgan fingerprint density at radius 3 is 2.29 bits per heavy atom. The van der Waals surface area contributed by atoms with Crippen molar-refractivity contribution in [2.75, 3.05) is 25.9 Å². The Bertz CT molecular complexity index is 461. The van der Waals surface area contributed by atoms with E-state index in [1.54, 1.807) is 14.0 Å². The van der Waals surface area contributed by atoms with Crippen molar-refractivity contribution in [2.24, 2.45) is 16.8 Å². The van der Waals surface area contributed by atoms with Gasteiger partial charge in [0.1, 0.15) is 0 Å². The lowest BCUT2D eigenvalue weighted by Crippen LogP contribution is -2.45. The highest BCUT2D eigenvalue weighted by molar-refractivity contribution is 14.0. The molecule has 3 N–H and O–H groups in total. The summed E-state index contributed by atoms with van der Waals surface area (Å²) < 4.78 is 25.2. The van der Waals surface area contributed by atoms with Crippen molar-refractivity contribution >= 4 is 40.0 Å². The first-order valence-electron chi connectivity index (χ1n) is 8.82. The molecule has 1 aliphatic carbocycles. The molecule has 6 nitrogen and oxygen atoms in total. The van der Waals surface area contributed by atoms with Crippen molar-refractivity contribution in [3.8, 4) is 0 Å². The number of nitrogens with zero attached hydrogens (tertiary/aromatic N) is 1. The van der Waals surface area contributed by atoms with Crippen LogP contribution in [0, 0.1) is 11.8 Å². The largest absolute Gasteiger partial charge is 0.356 e. The quantitative estimate of drug-likeness (QED) is 0.218. The van der Waals surface area contributed by atoms with Gasteiger partial charge in [-0.1, -0.05) is 13.8 Å². The maximum absolute atomic E-state index is 11.3. The first-order chi connectivity index (χ1) is 10.9. The van der Waals surface area contributed by atoms with Crippen LogP contribution in [0.1, 0.15) is 52.9 Å². The zero-order chi connectivity index (χ0) is 17.3. The molecule has 0 radical (unpaired) electrons. The Hall–Kier alpha value is -0.0900. The van der Waals surface area contributed by atoms with Crippen LogP contribution in [0.4, 0.5) is 0 Å². The fourth-order valence-corrected chi connectivity index (χ4v) is 3.60. The van der Waals surface area contributed by atoms with Crippen LogP contribution < -0.4 is 15.4 Å². The molecule has 24 heavy (non-hydrogen) atoms. The van der Waals surface area contributed by atoms with Crippen molar-refractivity contribution in [2.45, 2.75) is 58.9 Å². The number of rotatable bonds is 8. The second-order valence-electron chi connectivity index (χ2n) is 6.65. The van der Waals surface area contributed by atoms with Gasteiger partial charge in [0, 0.05) is 26.2 Å². The van der Waals surface area contributed by atoms with E-state index in [1.807, 2.05) is 0 Å². The van der Waals surface area contributed by atoms with Crippen LogP contribution in [-0.4, -0.2) is 46.3 Å². The van der Waals surface area contributed by atoms with Crippen LogP contribution in [0.25, 0.3) is 0 Å². The molecule has 0 unspecified atom stereocenters. The molecular weight excluding hydrogens is 439 g/mol. The lowest BCUT2D eigenvalue weighted by atomic mass is 9.80. The highest BCUT2D eigenvalue weighted by Gasteiger charge is 2.23. The van der Waals surface area contributed by atoms with E-state index in [1.165, 1.54) is 25.7 Å². The molecule has 0 aliphatic heterocycles. The van der Waals surface area contributed by atoms with E-state index in [0.29, 0.717) is 19.1 Å². The number of guanidine groups is 1. The molecule has 0 saturated heterocycles. The summed E-state index contributed by atoms with van der Waals surface area (Å²) in [7, 11) is -1.31. The monoisotopic (exact) mass is 474 g/mol. The van der Waals surface area contributed by atoms with E-state index < -0.39 is 10.0 Å². The summed E-state index contributed by atoms with van der Waals surface area (Å²) in [6.07, 6.45) is 5.69. The molecule has 144 valence electrons. The molecule has 1 aliphatic rings. The molecule has 1 fully saturated rings. The van der Waals surface area contributed by atoms with Gasteiger partial charge in [0.2, 0.25) is 10.0 Å². The van der Waals surface area contributed by atoms with Crippen LogP contribution in [-0.2, 0) is 10.0 Å². The fourth-order valence-electron chi connectivity index (χ4n) is 2.94. The highest BCUT2D eigenvalue weighted by Crippen LogP contribution is 2.29. The Labute approximate surface area is 165 Å². The second-order valence-corrected chi connectivity index (χ2v) is 8.75. The molecule has 0 spiro atoms. The summed E-state index contributed by atoms with van der Waals surface area (Å²) in [6.45, 7) is 7.42. The molecule has 0 heterocycles. The third-order valence-electron chi connectivity index (χ3n) is 4.63. The van der Waals surface area contributed by atoms with Gasteiger partial charge in [0.25, 0.3) is 0 Å². The summed E-state index contributed by atoms with van der Waals surface area (Å²) >= 11 is 0. The topological polar surface area (TPSA) is 82.6 Å². The lowest BCUT2D eigenvalue weighted by molar-refractivity contribution is 0.250. The number of halogens is 1. The lowest BCUT2D eigenvalue weighted by Gasteiger charge is -2.32. The van der Waals surface area contributed by atoms with Gasteiger partial charge in [0.15, 0.2) is 5.96 Å². The van der Waals surface area contributed by atoms with E-state index in [2.05, 4.69) is 34.2 Å². The predicted octanol–water partition coefficient (Wildman–Crippen LogP) is 2.31. The van der Waals surface area contributed by atoms with E-state index in [4.69, 9.17) is 0 Å². The average Bonchev–Trinajstić information content (AvgIpc) is 2.53. The molecule has 1 rings (SSSR count). The molecule has 0 amide bonds. The SMILES string of the molecule is CCS(=O)(=O)NCCCNC(=NC)NC1CCC(C(C)C)CC1.I. The van der Waals surface area contributed by atoms with Gasteiger partial charge in [-0.2, -0.15) is 0 Å². The first-order valence-corrected chi connectivity index (χ1v) is 10.5. The van der Waals surface area contributed by atoms with Crippen LogP contribution in [0.15, 0.2) is 4.99 Å². The van der Waals surface area contributed by atoms with Crippen molar-refractivity contribution in [1.82, 2.24) is 15.4 Å². The van der Waals surface area contributed by atoms with Gasteiger partial charge in [0.05, 0.1) is 5.75 Å². The zero-order valence-corrected chi connectivity index (χ0v) is 18.6. The Kier molecular flexibility index (Phi) is 12.2. The highest BCUT2D eigenvalue weighted by atomic mass is 127. The summed E-state index contributed by atoms with van der Waals surface area (Å²) in [4.78, 5) is 4.25. The molecule has 0 aromatic heterocycles. The first kappa shape index (κ1) is 23.9. The van der Waals surface area contributed by atoms with Crippen molar-refractivity contribution < 1.29 is 8.42 Å². The minimum absolute atomic E-state index is 0. The van der Waals surface area contributed by atoms with Crippen LogP contribution in [0.2, 0.25) is 0 Å². The summed E-state index contributed by atoms with van der Waals surface area (Å²) in [6, 6.07) is 0.495. The van der Waals surface area contributed by atoms with E-state index >= 15 is 0 Å². The Morgan fingerprint density at radius 2 is 1.79 bits per heavy atom. The van der Waals surface area contributed by atoms with Crippen LogP contribution in [0.3, 0.4) is 0 Å². The number of sulfonamides is 1. The van der Waals surface area contributed by atoms with E-state index in [9.17, 15) is 8.42 Å². The second kappa shape index (κ2) is 12.3. The third-order valence-corrected chi connectivity index (χ3v) is 6.03. The van der Waals surface area contributed by atoms with Crippen molar-refractivity contribution in [3.63, 3.8) is 0 Å². The minimum Gasteiger partial charge on any atom is -0.356 e. The van der Waals surface area contributed by atoms with Gasteiger partial charge in [-0.05, 0) is 50.9 Å². The van der Waals surface area contributed by atoms with Gasteiger partial charge in [-0.3, -0.25) is 4.99 Å². The van der Waals surface area contributed by atoms with E-state index in [-0.39, 0.29) is 29.7 Å². The summed E-state index contributed by atoms with van der Waals surface area (Å²) in [5, 5.41) is 6.74. The van der Waals surface area contributed by atoms with Gasteiger partial charge >= 0.3 is 0 Å². The van der Waals surface area contributed by atoms with Crippen molar-refractivity contribution in [1.29, 1.82) is 0 Å². The number of nitrogens with one attached hydrogen (secondary N) is 3. The van der Waals surface area contributed by atoms with Crippen molar-refractivity contribution in [3.05, 3.63) is 0 Å². The minimum atomic E-state index is -3.08.